The molecule has 1 aliphatic heterocycles. The summed E-state index contributed by atoms with van der Waals surface area (Å²) in [5.41, 5.74) is 6.37. The van der Waals surface area contributed by atoms with Gasteiger partial charge in [-0.25, -0.2) is 18.4 Å². The van der Waals surface area contributed by atoms with Gasteiger partial charge in [0.05, 0.1) is 22.2 Å². The van der Waals surface area contributed by atoms with E-state index in [1.54, 1.807) is 23.2 Å². The number of nitrogens with one attached hydrogen (secondary N) is 1. The van der Waals surface area contributed by atoms with Crippen LogP contribution in [0.25, 0.3) is 17.1 Å². The molecule has 0 spiro atoms. The molecule has 1 amide bonds. The van der Waals surface area contributed by atoms with Crippen molar-refractivity contribution in [1.82, 2.24) is 20.0 Å². The van der Waals surface area contributed by atoms with E-state index in [0.29, 0.717) is 27.1 Å². The number of rotatable bonds is 5. The molecule has 1 aromatic heterocycles. The zero-order chi connectivity index (χ0) is 23.8. The average molecular weight is 507 g/mol. The van der Waals surface area contributed by atoms with Crippen molar-refractivity contribution in [2.45, 2.75) is 20.3 Å². The fraction of sp³-hybridized carbons (Fsp3) is 0.304. The molecule has 1 saturated heterocycles. The first-order chi connectivity index (χ1) is 15.7. The number of nitrogens with zero attached hydrogens (tertiary/aromatic N) is 3. The third-order valence-electron chi connectivity index (χ3n) is 5.70. The Hall–Kier alpha value is -2.39. The van der Waals surface area contributed by atoms with Gasteiger partial charge in [-0.2, -0.15) is 0 Å². The Morgan fingerprint density at radius 1 is 1.09 bits per heavy atom. The minimum Gasteiger partial charge on any atom is -0.296 e. The molecule has 0 unspecified atom stereocenters. The number of hydrogen-bond acceptors (Lipinski definition) is 5. The van der Waals surface area contributed by atoms with Gasteiger partial charge in [-0.3, -0.25) is 14.8 Å². The largest absolute Gasteiger partial charge is 0.296 e. The minimum atomic E-state index is -3.05. The number of halogens is 2. The van der Waals surface area contributed by atoms with Crippen molar-refractivity contribution in [1.29, 1.82) is 0 Å². The molecule has 3 aromatic rings. The van der Waals surface area contributed by atoms with Gasteiger partial charge in [-0.1, -0.05) is 42.3 Å². The van der Waals surface area contributed by atoms with Gasteiger partial charge in [0.1, 0.15) is 5.82 Å². The van der Waals surface area contributed by atoms with Crippen LogP contribution >= 0.6 is 23.2 Å². The Kier molecular flexibility index (Phi) is 6.81. The van der Waals surface area contributed by atoms with Gasteiger partial charge in [-0.05, 0) is 49.2 Å². The van der Waals surface area contributed by atoms with Crippen LogP contribution in [0.1, 0.15) is 28.7 Å². The zero-order valence-corrected chi connectivity index (χ0v) is 20.6. The number of carbonyl (C=O) groups is 1. The van der Waals surface area contributed by atoms with E-state index in [9.17, 15) is 13.2 Å². The van der Waals surface area contributed by atoms with E-state index in [1.807, 2.05) is 35.8 Å². The molecule has 2 heterocycles. The molecule has 0 bridgehead atoms. The summed E-state index contributed by atoms with van der Waals surface area (Å²) in [6.07, 6.45) is 0.915. The number of hydrogen-bond donors (Lipinski definition) is 1. The summed E-state index contributed by atoms with van der Waals surface area (Å²) < 4.78 is 25.3. The number of aryl methyl sites for hydroxylation is 1. The molecular weight excluding hydrogens is 483 g/mol. The predicted molar refractivity (Wildman–Crippen MR) is 131 cm³/mol. The molecule has 2 aromatic carbocycles. The lowest BCUT2D eigenvalue weighted by atomic mass is 10.1. The molecule has 33 heavy (non-hydrogen) atoms. The van der Waals surface area contributed by atoms with Crippen molar-refractivity contribution in [2.24, 2.45) is 0 Å². The smallest absolute Gasteiger partial charge is 0.286 e. The van der Waals surface area contributed by atoms with Gasteiger partial charge < -0.3 is 0 Å². The highest BCUT2D eigenvalue weighted by Gasteiger charge is 2.27. The number of aromatic nitrogens is 2. The van der Waals surface area contributed by atoms with Crippen molar-refractivity contribution in [3.63, 3.8) is 0 Å². The monoisotopic (exact) mass is 506 g/mol. The molecule has 0 atom stereocenters. The minimum absolute atomic E-state index is 0.0100. The fourth-order valence-corrected chi connectivity index (χ4v) is 5.48. The molecule has 10 heteroatoms. The Labute approximate surface area is 203 Å². The highest BCUT2D eigenvalue weighted by molar-refractivity contribution is 7.91. The summed E-state index contributed by atoms with van der Waals surface area (Å²) in [6, 6.07) is 13.2. The van der Waals surface area contributed by atoms with Crippen molar-refractivity contribution in [3.05, 3.63) is 69.5 Å². The number of benzene rings is 2. The normalized spacial score (nSPS) is 16.0. The van der Waals surface area contributed by atoms with E-state index < -0.39 is 15.7 Å². The molecule has 1 N–H and O–H groups in total. The lowest BCUT2D eigenvalue weighted by Gasteiger charge is -2.26. The Bertz CT molecular complexity index is 1290. The number of amides is 1. The van der Waals surface area contributed by atoms with Crippen LogP contribution in [0.5, 0.6) is 0 Å². The number of sulfone groups is 1. The van der Waals surface area contributed by atoms with Crippen LogP contribution in [-0.2, 0) is 16.3 Å². The molecule has 0 radical (unpaired) electrons. The van der Waals surface area contributed by atoms with Gasteiger partial charge >= 0.3 is 0 Å². The number of imidazole rings is 1. The highest BCUT2D eigenvalue weighted by atomic mass is 35.5. The van der Waals surface area contributed by atoms with Gasteiger partial charge in [0.15, 0.2) is 15.5 Å². The van der Waals surface area contributed by atoms with E-state index in [2.05, 4.69) is 17.3 Å². The second-order valence-corrected chi connectivity index (χ2v) is 11.1. The maximum Gasteiger partial charge on any atom is 0.286 e. The van der Waals surface area contributed by atoms with E-state index >= 15 is 0 Å². The fourth-order valence-electron chi connectivity index (χ4n) is 3.79. The summed E-state index contributed by atoms with van der Waals surface area (Å²) >= 11 is 12.6. The van der Waals surface area contributed by atoms with Crippen LogP contribution in [0.4, 0.5) is 0 Å². The lowest BCUT2D eigenvalue weighted by Crippen LogP contribution is -2.50. The average Bonchev–Trinajstić information content (AvgIpc) is 3.12. The first kappa shape index (κ1) is 23.8. The Morgan fingerprint density at radius 3 is 2.36 bits per heavy atom. The molecule has 1 fully saturated rings. The molecule has 174 valence electrons. The second kappa shape index (κ2) is 9.46. The van der Waals surface area contributed by atoms with Crippen LogP contribution in [0.15, 0.2) is 42.5 Å². The molecule has 0 aliphatic carbocycles. The van der Waals surface area contributed by atoms with Crippen molar-refractivity contribution >= 4 is 38.9 Å². The summed E-state index contributed by atoms with van der Waals surface area (Å²) in [5, 5.41) is 2.54. The van der Waals surface area contributed by atoms with Crippen LogP contribution in [0.2, 0.25) is 10.0 Å². The predicted octanol–water partition coefficient (Wildman–Crippen LogP) is 4.09. The van der Waals surface area contributed by atoms with E-state index in [4.69, 9.17) is 23.2 Å². The summed E-state index contributed by atoms with van der Waals surface area (Å²) in [7, 11) is -3.05. The van der Waals surface area contributed by atoms with Crippen LogP contribution in [0.3, 0.4) is 0 Å². The topological polar surface area (TPSA) is 84.3 Å². The molecular formula is C23H24Cl2N4O3S. The summed E-state index contributed by atoms with van der Waals surface area (Å²) in [4.78, 5) is 17.8. The Balaban J connectivity index is 1.75. The maximum absolute atomic E-state index is 13.1. The van der Waals surface area contributed by atoms with E-state index in [0.717, 1.165) is 12.1 Å². The third-order valence-corrected chi connectivity index (χ3v) is 7.86. The van der Waals surface area contributed by atoms with Crippen molar-refractivity contribution < 1.29 is 13.2 Å². The third kappa shape index (κ3) is 5.09. The van der Waals surface area contributed by atoms with Gasteiger partial charge in [0.25, 0.3) is 5.91 Å². The Morgan fingerprint density at radius 2 is 1.76 bits per heavy atom. The molecule has 0 saturated carbocycles. The van der Waals surface area contributed by atoms with Gasteiger partial charge in [-0.15, -0.1) is 0 Å². The quantitative estimate of drug-likeness (QED) is 0.563. The molecule has 4 rings (SSSR count). The summed E-state index contributed by atoms with van der Waals surface area (Å²) in [5.74, 6) is 0.138. The van der Waals surface area contributed by atoms with E-state index in [1.165, 1.54) is 5.56 Å². The van der Waals surface area contributed by atoms with Gasteiger partial charge in [0, 0.05) is 29.4 Å². The first-order valence-electron chi connectivity index (χ1n) is 10.6. The maximum atomic E-state index is 13.1. The van der Waals surface area contributed by atoms with Crippen molar-refractivity contribution in [3.8, 4) is 17.1 Å². The number of carbonyl (C=O) groups excluding carboxylic acids is 1. The molecule has 1 aliphatic rings. The standard InChI is InChI=1S/C23H24Cl2N4O3S/c1-3-16-4-7-18(8-5-16)29-15(2)21(23(30)27-28-10-12-33(31,32)13-11-28)26-22(29)19-9-6-17(24)14-20(19)25/h4-9,14H,3,10-13H2,1-2H3,(H,27,30). The first-order valence-corrected chi connectivity index (χ1v) is 13.2. The molecule has 7 nitrogen and oxygen atoms in total. The van der Waals surface area contributed by atoms with E-state index in [-0.39, 0.29) is 30.3 Å². The SMILES string of the molecule is CCc1ccc(-n2c(-c3ccc(Cl)cc3Cl)nc(C(=O)NN3CCS(=O)(=O)CC3)c2C)cc1. The second-order valence-electron chi connectivity index (χ2n) is 7.93. The van der Waals surface area contributed by atoms with Crippen LogP contribution in [-0.4, -0.2) is 53.5 Å². The highest BCUT2D eigenvalue weighted by Crippen LogP contribution is 2.33. The van der Waals surface area contributed by atoms with Crippen LogP contribution < -0.4 is 5.43 Å². The lowest BCUT2D eigenvalue weighted by molar-refractivity contribution is 0.0796. The zero-order valence-electron chi connectivity index (χ0n) is 18.3. The van der Waals surface area contributed by atoms with Crippen LogP contribution in [0, 0.1) is 6.92 Å². The summed E-state index contributed by atoms with van der Waals surface area (Å²) in [6.45, 7) is 4.39. The number of hydrazine groups is 1. The van der Waals surface area contributed by atoms with Gasteiger partial charge in [0.2, 0.25) is 0 Å². The van der Waals surface area contributed by atoms with Crippen molar-refractivity contribution in [2.75, 3.05) is 24.6 Å².